The molecule has 1 amide bonds. The molecule has 0 saturated carbocycles. The minimum atomic E-state index is -0.360. The van der Waals surface area contributed by atoms with Crippen LogP contribution in [0.2, 0.25) is 0 Å². The van der Waals surface area contributed by atoms with E-state index in [0.717, 1.165) is 11.4 Å². The van der Waals surface area contributed by atoms with Gasteiger partial charge in [0.2, 0.25) is 0 Å². The number of rotatable bonds is 3. The third kappa shape index (κ3) is 3.23. The zero-order valence-electron chi connectivity index (χ0n) is 12.0. The number of halogens is 1. The Morgan fingerprint density at radius 3 is 2.41 bits per heavy atom. The van der Waals surface area contributed by atoms with E-state index in [-0.39, 0.29) is 30.4 Å². The molecule has 0 radical (unpaired) electrons. The number of hydrogen-bond donors (Lipinski definition) is 1. The molecule has 1 aromatic carbocycles. The van der Waals surface area contributed by atoms with Crippen LogP contribution < -0.4 is 15.5 Å². The van der Waals surface area contributed by atoms with Crippen molar-refractivity contribution in [3.63, 3.8) is 0 Å². The highest BCUT2D eigenvalue weighted by molar-refractivity contribution is 5.92. The van der Waals surface area contributed by atoms with E-state index in [1.807, 2.05) is 29.2 Å². The van der Waals surface area contributed by atoms with E-state index in [4.69, 9.17) is 10.5 Å². The van der Waals surface area contributed by atoms with E-state index >= 15 is 0 Å². The number of amides is 1. The van der Waals surface area contributed by atoms with Gasteiger partial charge in [-0.15, -0.1) is 12.4 Å². The van der Waals surface area contributed by atoms with Crippen LogP contribution in [-0.4, -0.2) is 37.6 Å². The van der Waals surface area contributed by atoms with Crippen molar-refractivity contribution in [2.24, 2.45) is 5.73 Å². The Kier molecular flexibility index (Phi) is 5.05. The quantitative estimate of drug-likeness (QED) is 0.916. The third-order valence-electron chi connectivity index (χ3n) is 3.67. The molecular formula is C15H18ClN3O3. The van der Waals surface area contributed by atoms with Gasteiger partial charge in [0.05, 0.1) is 6.54 Å². The summed E-state index contributed by atoms with van der Waals surface area (Å²) in [6.45, 7) is 1.48. The lowest BCUT2D eigenvalue weighted by molar-refractivity contribution is -0.114. The second-order valence-corrected chi connectivity index (χ2v) is 5.09. The van der Waals surface area contributed by atoms with Gasteiger partial charge in [0.15, 0.2) is 5.78 Å². The van der Waals surface area contributed by atoms with Gasteiger partial charge in [-0.1, -0.05) is 0 Å². The first-order valence-corrected chi connectivity index (χ1v) is 6.93. The SMILES string of the molecule is Cl.NCC1CN(c2ccc(N3C=CC(=O)CC3)cc2)C(=O)O1. The van der Waals surface area contributed by atoms with Gasteiger partial charge in [-0.25, -0.2) is 4.79 Å². The van der Waals surface area contributed by atoms with Crippen molar-refractivity contribution in [1.29, 1.82) is 0 Å². The molecule has 7 heteroatoms. The van der Waals surface area contributed by atoms with Gasteiger partial charge < -0.3 is 15.4 Å². The Morgan fingerprint density at radius 1 is 1.18 bits per heavy atom. The maximum Gasteiger partial charge on any atom is 0.414 e. The van der Waals surface area contributed by atoms with Gasteiger partial charge in [0.1, 0.15) is 6.10 Å². The predicted octanol–water partition coefficient (Wildman–Crippen LogP) is 1.69. The number of carbonyl (C=O) groups excluding carboxylic acids is 2. The van der Waals surface area contributed by atoms with E-state index in [0.29, 0.717) is 26.1 Å². The maximum atomic E-state index is 11.8. The fourth-order valence-electron chi connectivity index (χ4n) is 2.46. The van der Waals surface area contributed by atoms with Crippen LogP contribution in [0.25, 0.3) is 0 Å². The largest absolute Gasteiger partial charge is 0.443 e. The molecule has 2 N–H and O–H groups in total. The zero-order chi connectivity index (χ0) is 14.8. The molecule has 0 bridgehead atoms. The van der Waals surface area contributed by atoms with E-state index in [1.165, 1.54) is 0 Å². The van der Waals surface area contributed by atoms with Gasteiger partial charge >= 0.3 is 6.09 Å². The monoisotopic (exact) mass is 323 g/mol. The highest BCUT2D eigenvalue weighted by Crippen LogP contribution is 2.25. The first-order valence-electron chi connectivity index (χ1n) is 6.93. The van der Waals surface area contributed by atoms with Crippen molar-refractivity contribution in [2.75, 3.05) is 29.4 Å². The van der Waals surface area contributed by atoms with Crippen molar-refractivity contribution in [3.05, 3.63) is 36.5 Å². The molecule has 0 spiro atoms. The predicted molar refractivity (Wildman–Crippen MR) is 86.5 cm³/mol. The molecule has 118 valence electrons. The lowest BCUT2D eigenvalue weighted by atomic mass is 10.1. The van der Waals surface area contributed by atoms with Crippen LogP contribution in [0.5, 0.6) is 0 Å². The molecule has 2 aliphatic rings. The summed E-state index contributed by atoms with van der Waals surface area (Å²) in [5.74, 6) is 0.149. The number of benzene rings is 1. The molecule has 2 aliphatic heterocycles. The summed E-state index contributed by atoms with van der Waals surface area (Å²) in [5.41, 5.74) is 7.30. The molecule has 0 aromatic heterocycles. The maximum absolute atomic E-state index is 11.8. The molecule has 1 aromatic rings. The Bertz CT molecular complexity index is 588. The first kappa shape index (κ1) is 16.3. The van der Waals surface area contributed by atoms with Crippen LogP contribution in [0.15, 0.2) is 36.5 Å². The highest BCUT2D eigenvalue weighted by Gasteiger charge is 2.31. The van der Waals surface area contributed by atoms with Crippen LogP contribution in [0.4, 0.5) is 16.2 Å². The molecule has 1 saturated heterocycles. The molecule has 1 atom stereocenters. The molecule has 22 heavy (non-hydrogen) atoms. The Morgan fingerprint density at radius 2 is 1.86 bits per heavy atom. The second kappa shape index (κ2) is 6.81. The number of hydrogen-bond acceptors (Lipinski definition) is 5. The average Bonchev–Trinajstić information content (AvgIpc) is 2.89. The summed E-state index contributed by atoms with van der Waals surface area (Å²) in [4.78, 5) is 26.5. The van der Waals surface area contributed by atoms with E-state index < -0.39 is 0 Å². The fraction of sp³-hybridized carbons (Fsp3) is 0.333. The van der Waals surface area contributed by atoms with Crippen LogP contribution in [0, 0.1) is 0 Å². The van der Waals surface area contributed by atoms with E-state index in [9.17, 15) is 9.59 Å². The summed E-state index contributed by atoms with van der Waals surface area (Å²) in [6.07, 6.45) is 3.29. The number of nitrogens with two attached hydrogens (primary N) is 1. The molecule has 1 fully saturated rings. The Labute approximate surface area is 134 Å². The number of anilines is 2. The van der Waals surface area contributed by atoms with E-state index in [2.05, 4.69) is 0 Å². The summed E-state index contributed by atoms with van der Waals surface area (Å²) in [7, 11) is 0. The fourth-order valence-corrected chi connectivity index (χ4v) is 2.46. The Hall–Kier alpha value is -2.05. The van der Waals surface area contributed by atoms with Crippen LogP contribution >= 0.6 is 12.4 Å². The summed E-state index contributed by atoms with van der Waals surface area (Å²) in [6, 6.07) is 7.61. The topological polar surface area (TPSA) is 75.9 Å². The summed E-state index contributed by atoms with van der Waals surface area (Å²) < 4.78 is 5.14. The van der Waals surface area contributed by atoms with Gasteiger partial charge in [-0.3, -0.25) is 9.69 Å². The van der Waals surface area contributed by atoms with Gasteiger partial charge in [0, 0.05) is 37.1 Å². The number of allylic oxidation sites excluding steroid dienone is 1. The van der Waals surface area contributed by atoms with E-state index in [1.54, 1.807) is 17.2 Å². The number of ketones is 1. The molecule has 2 heterocycles. The Balaban J connectivity index is 0.00000176. The highest BCUT2D eigenvalue weighted by atomic mass is 35.5. The standard InChI is InChI=1S/C15H17N3O3.ClH/c16-9-14-10-18(15(20)21-14)12-3-1-11(2-4-12)17-7-5-13(19)6-8-17;/h1-5,7,14H,6,8-10,16H2;1H. The van der Waals surface area contributed by atoms with Gasteiger partial charge in [-0.2, -0.15) is 0 Å². The number of cyclic esters (lactones) is 1. The van der Waals surface area contributed by atoms with Crippen LogP contribution in [-0.2, 0) is 9.53 Å². The molecule has 6 nitrogen and oxygen atoms in total. The van der Waals surface area contributed by atoms with Crippen molar-refractivity contribution < 1.29 is 14.3 Å². The van der Waals surface area contributed by atoms with Crippen LogP contribution in [0.1, 0.15) is 6.42 Å². The number of ether oxygens (including phenoxy) is 1. The zero-order valence-corrected chi connectivity index (χ0v) is 12.8. The molecule has 1 unspecified atom stereocenters. The van der Waals surface area contributed by atoms with Crippen LogP contribution in [0.3, 0.4) is 0 Å². The summed E-state index contributed by atoms with van der Waals surface area (Å²) in [5, 5.41) is 0. The smallest absolute Gasteiger partial charge is 0.414 e. The normalized spacial score (nSPS) is 20.9. The number of carbonyl (C=O) groups is 2. The average molecular weight is 324 g/mol. The number of nitrogens with zero attached hydrogens (tertiary/aromatic N) is 2. The van der Waals surface area contributed by atoms with Gasteiger partial charge in [-0.05, 0) is 30.3 Å². The lowest BCUT2D eigenvalue weighted by Crippen LogP contribution is -2.27. The van der Waals surface area contributed by atoms with Crippen molar-refractivity contribution in [1.82, 2.24) is 0 Å². The molecule has 0 aliphatic carbocycles. The minimum absolute atomic E-state index is 0. The van der Waals surface area contributed by atoms with Crippen molar-refractivity contribution >= 4 is 35.7 Å². The lowest BCUT2D eigenvalue weighted by Gasteiger charge is -2.23. The van der Waals surface area contributed by atoms with Gasteiger partial charge in [0.25, 0.3) is 0 Å². The first-order chi connectivity index (χ1) is 10.2. The molecular weight excluding hydrogens is 306 g/mol. The minimum Gasteiger partial charge on any atom is -0.443 e. The summed E-state index contributed by atoms with van der Waals surface area (Å²) >= 11 is 0. The van der Waals surface area contributed by atoms with Crippen molar-refractivity contribution in [2.45, 2.75) is 12.5 Å². The molecule has 3 rings (SSSR count). The second-order valence-electron chi connectivity index (χ2n) is 5.09. The third-order valence-corrected chi connectivity index (χ3v) is 3.67. The van der Waals surface area contributed by atoms with Crippen molar-refractivity contribution in [3.8, 4) is 0 Å².